The molecule has 0 aromatic heterocycles. The third kappa shape index (κ3) is 2.12. The van der Waals surface area contributed by atoms with E-state index >= 15 is 0 Å². The van der Waals surface area contributed by atoms with Crippen LogP contribution in [0.5, 0.6) is 11.5 Å². The van der Waals surface area contributed by atoms with Crippen LogP contribution in [-0.4, -0.2) is 14.2 Å². The molecule has 1 aliphatic carbocycles. The van der Waals surface area contributed by atoms with Crippen molar-refractivity contribution in [3.8, 4) is 11.5 Å². The third-order valence-electron chi connectivity index (χ3n) is 3.12. The van der Waals surface area contributed by atoms with Crippen LogP contribution in [0.3, 0.4) is 0 Å². The van der Waals surface area contributed by atoms with Crippen LogP contribution < -0.4 is 15.2 Å². The molecule has 1 aliphatic rings. The number of rotatable bonds is 3. The summed E-state index contributed by atoms with van der Waals surface area (Å²) in [4.78, 5) is 0. The topological polar surface area (TPSA) is 44.5 Å². The summed E-state index contributed by atoms with van der Waals surface area (Å²) in [5.41, 5.74) is 5.13. The van der Waals surface area contributed by atoms with E-state index in [9.17, 15) is 13.2 Å². The van der Waals surface area contributed by atoms with Crippen LogP contribution in [0.25, 0.3) is 0 Å². The first kappa shape index (κ1) is 13.0. The fourth-order valence-electron chi connectivity index (χ4n) is 1.95. The maximum Gasteiger partial charge on any atom is 0.416 e. The molecule has 0 atom stereocenters. The second-order valence-electron chi connectivity index (χ2n) is 4.41. The lowest BCUT2D eigenvalue weighted by molar-refractivity contribution is -0.137. The second kappa shape index (κ2) is 4.05. The summed E-state index contributed by atoms with van der Waals surface area (Å²) < 4.78 is 48.2. The Morgan fingerprint density at radius 3 is 1.83 bits per heavy atom. The van der Waals surface area contributed by atoms with Crippen molar-refractivity contribution in [2.75, 3.05) is 14.2 Å². The minimum Gasteiger partial charge on any atom is -0.496 e. The van der Waals surface area contributed by atoms with Crippen LogP contribution in [0, 0.1) is 0 Å². The molecule has 3 nitrogen and oxygen atoms in total. The molecule has 2 rings (SSSR count). The van der Waals surface area contributed by atoms with Crippen molar-refractivity contribution in [3.05, 3.63) is 23.3 Å². The molecule has 0 radical (unpaired) electrons. The summed E-state index contributed by atoms with van der Waals surface area (Å²) in [7, 11) is 2.65. The van der Waals surface area contributed by atoms with Crippen LogP contribution in [-0.2, 0) is 11.7 Å². The van der Waals surface area contributed by atoms with Gasteiger partial charge in [0.15, 0.2) is 0 Å². The van der Waals surface area contributed by atoms with Crippen molar-refractivity contribution in [2.45, 2.75) is 24.6 Å². The van der Waals surface area contributed by atoms with Gasteiger partial charge in [-0.15, -0.1) is 0 Å². The molecule has 0 amide bonds. The molecular formula is C12H14F3NO2. The highest BCUT2D eigenvalue weighted by Crippen LogP contribution is 2.52. The molecule has 1 saturated carbocycles. The predicted molar refractivity (Wildman–Crippen MR) is 59.6 cm³/mol. The molecule has 6 heteroatoms. The van der Waals surface area contributed by atoms with Crippen LogP contribution in [0.4, 0.5) is 13.2 Å². The van der Waals surface area contributed by atoms with E-state index in [0.29, 0.717) is 18.4 Å². The molecule has 18 heavy (non-hydrogen) atoms. The Balaban J connectivity index is 2.60. The largest absolute Gasteiger partial charge is 0.496 e. The second-order valence-corrected chi connectivity index (χ2v) is 4.41. The van der Waals surface area contributed by atoms with E-state index in [4.69, 9.17) is 15.2 Å². The number of methoxy groups -OCH3 is 2. The van der Waals surface area contributed by atoms with Gasteiger partial charge >= 0.3 is 6.18 Å². The Morgan fingerprint density at radius 1 is 1.11 bits per heavy atom. The number of benzene rings is 1. The van der Waals surface area contributed by atoms with Gasteiger partial charge in [0, 0.05) is 5.54 Å². The van der Waals surface area contributed by atoms with Crippen LogP contribution in [0.2, 0.25) is 0 Å². The molecule has 0 unspecified atom stereocenters. The van der Waals surface area contributed by atoms with E-state index in [-0.39, 0.29) is 11.5 Å². The molecule has 0 spiro atoms. The Bertz CT molecular complexity index is 442. The highest BCUT2D eigenvalue weighted by molar-refractivity contribution is 5.54. The van der Waals surface area contributed by atoms with Crippen molar-refractivity contribution in [1.82, 2.24) is 0 Å². The molecule has 1 aromatic carbocycles. The minimum atomic E-state index is -4.44. The smallest absolute Gasteiger partial charge is 0.416 e. The van der Waals surface area contributed by atoms with E-state index in [2.05, 4.69) is 0 Å². The fourth-order valence-corrected chi connectivity index (χ4v) is 1.95. The molecule has 1 fully saturated rings. The standard InChI is InChI=1S/C12H14F3NO2/c1-17-8-5-7(12(13,14)15)6-9(18-2)10(8)11(16)3-4-11/h5-6H,3-4,16H2,1-2H3. The van der Waals surface area contributed by atoms with Gasteiger partial charge in [-0.2, -0.15) is 13.2 Å². The first-order chi connectivity index (χ1) is 8.31. The summed E-state index contributed by atoms with van der Waals surface area (Å²) in [5, 5.41) is 0. The summed E-state index contributed by atoms with van der Waals surface area (Å²) >= 11 is 0. The molecule has 0 saturated heterocycles. The monoisotopic (exact) mass is 261 g/mol. The zero-order valence-electron chi connectivity index (χ0n) is 10.1. The van der Waals surface area contributed by atoms with E-state index in [0.717, 1.165) is 12.1 Å². The number of nitrogens with two attached hydrogens (primary N) is 1. The normalized spacial score (nSPS) is 17.4. The first-order valence-corrected chi connectivity index (χ1v) is 5.44. The van der Waals surface area contributed by atoms with Gasteiger partial charge in [0.05, 0.1) is 25.3 Å². The number of ether oxygens (including phenoxy) is 2. The van der Waals surface area contributed by atoms with Crippen LogP contribution in [0.1, 0.15) is 24.0 Å². The van der Waals surface area contributed by atoms with Crippen molar-refractivity contribution in [2.24, 2.45) is 5.73 Å². The summed E-state index contributed by atoms with van der Waals surface area (Å²) in [5.74, 6) is 0.253. The van der Waals surface area contributed by atoms with Crippen LogP contribution >= 0.6 is 0 Å². The average molecular weight is 261 g/mol. The molecule has 0 heterocycles. The van der Waals surface area contributed by atoms with E-state index in [1.807, 2.05) is 0 Å². The van der Waals surface area contributed by atoms with Gasteiger partial charge in [-0.05, 0) is 25.0 Å². The minimum absolute atomic E-state index is 0.127. The molecular weight excluding hydrogens is 247 g/mol. The van der Waals surface area contributed by atoms with Gasteiger partial charge in [-0.25, -0.2) is 0 Å². The van der Waals surface area contributed by atoms with Gasteiger partial charge in [0.2, 0.25) is 0 Å². The molecule has 2 N–H and O–H groups in total. The number of alkyl halides is 3. The number of hydrogen-bond acceptors (Lipinski definition) is 3. The number of halogens is 3. The van der Waals surface area contributed by atoms with E-state index < -0.39 is 17.3 Å². The first-order valence-electron chi connectivity index (χ1n) is 5.44. The average Bonchev–Trinajstić information content (AvgIpc) is 3.05. The third-order valence-corrected chi connectivity index (χ3v) is 3.12. The van der Waals surface area contributed by atoms with Gasteiger partial charge in [-0.3, -0.25) is 0 Å². The summed E-state index contributed by atoms with van der Waals surface area (Å²) in [6, 6.07) is 1.93. The van der Waals surface area contributed by atoms with Gasteiger partial charge in [0.1, 0.15) is 11.5 Å². The van der Waals surface area contributed by atoms with Crippen molar-refractivity contribution in [1.29, 1.82) is 0 Å². The van der Waals surface area contributed by atoms with E-state index in [1.54, 1.807) is 0 Å². The van der Waals surface area contributed by atoms with E-state index in [1.165, 1.54) is 14.2 Å². The quantitative estimate of drug-likeness (QED) is 0.909. The zero-order valence-corrected chi connectivity index (χ0v) is 10.1. The SMILES string of the molecule is COc1cc(C(F)(F)F)cc(OC)c1C1(N)CC1. The van der Waals surface area contributed by atoms with Gasteiger partial charge in [-0.1, -0.05) is 0 Å². The van der Waals surface area contributed by atoms with Gasteiger partial charge < -0.3 is 15.2 Å². The summed E-state index contributed by atoms with van der Waals surface area (Å²) in [6.07, 6.45) is -3.01. The Hall–Kier alpha value is -1.43. The molecule has 100 valence electrons. The number of hydrogen-bond donors (Lipinski definition) is 1. The van der Waals surface area contributed by atoms with Crippen molar-refractivity contribution in [3.63, 3.8) is 0 Å². The molecule has 0 bridgehead atoms. The Kier molecular flexibility index (Phi) is 2.93. The Labute approximate surface area is 103 Å². The zero-order chi connectivity index (χ0) is 13.6. The van der Waals surface area contributed by atoms with Crippen LogP contribution in [0.15, 0.2) is 12.1 Å². The highest BCUT2D eigenvalue weighted by Gasteiger charge is 2.46. The predicted octanol–water partition coefficient (Wildman–Crippen LogP) is 2.67. The lowest BCUT2D eigenvalue weighted by Crippen LogP contribution is -2.21. The maximum absolute atomic E-state index is 12.7. The highest BCUT2D eigenvalue weighted by atomic mass is 19.4. The lowest BCUT2D eigenvalue weighted by Gasteiger charge is -2.20. The Morgan fingerprint density at radius 2 is 1.56 bits per heavy atom. The van der Waals surface area contributed by atoms with Crippen molar-refractivity contribution >= 4 is 0 Å². The van der Waals surface area contributed by atoms with Gasteiger partial charge in [0.25, 0.3) is 0 Å². The van der Waals surface area contributed by atoms with Crippen molar-refractivity contribution < 1.29 is 22.6 Å². The maximum atomic E-state index is 12.7. The summed E-state index contributed by atoms with van der Waals surface area (Å²) in [6.45, 7) is 0. The fraction of sp³-hybridized carbons (Fsp3) is 0.500. The molecule has 1 aromatic rings. The lowest BCUT2D eigenvalue weighted by atomic mass is 10.00. The molecule has 0 aliphatic heterocycles.